The fraction of sp³-hybridized carbons (Fsp3) is 0.188. The topological polar surface area (TPSA) is 46.5 Å². The molecule has 0 fully saturated rings. The smallest absolute Gasteiger partial charge is 0.163 e. The number of rotatable bonds is 5. The van der Waals surface area contributed by atoms with E-state index in [0.717, 1.165) is 10.0 Å². The van der Waals surface area contributed by atoms with Crippen LogP contribution in [-0.4, -0.2) is 17.5 Å². The SMILES string of the molecule is CC(=O)c1ccc(Br)cc1Oc1ccccc1CCO. The second-order valence-electron chi connectivity index (χ2n) is 4.38. The molecule has 0 saturated carbocycles. The van der Waals surface area contributed by atoms with Gasteiger partial charge in [0.05, 0.1) is 5.56 Å². The molecule has 4 heteroatoms. The number of hydrogen-bond acceptors (Lipinski definition) is 3. The summed E-state index contributed by atoms with van der Waals surface area (Å²) in [5.74, 6) is 1.12. The van der Waals surface area contributed by atoms with Crippen molar-refractivity contribution in [2.75, 3.05) is 6.61 Å². The standard InChI is InChI=1S/C16H15BrO3/c1-11(19)14-7-6-13(17)10-16(14)20-15-5-3-2-4-12(15)8-9-18/h2-7,10,18H,8-9H2,1H3. The molecule has 20 heavy (non-hydrogen) atoms. The van der Waals surface area contributed by atoms with E-state index in [1.54, 1.807) is 12.1 Å². The van der Waals surface area contributed by atoms with E-state index in [0.29, 0.717) is 23.5 Å². The van der Waals surface area contributed by atoms with Crippen LogP contribution >= 0.6 is 15.9 Å². The molecule has 104 valence electrons. The summed E-state index contributed by atoms with van der Waals surface area (Å²) in [5.41, 5.74) is 1.44. The van der Waals surface area contributed by atoms with Crippen LogP contribution in [0.5, 0.6) is 11.5 Å². The fourth-order valence-electron chi connectivity index (χ4n) is 1.92. The molecule has 0 unspecified atom stereocenters. The molecule has 0 atom stereocenters. The van der Waals surface area contributed by atoms with E-state index in [9.17, 15) is 4.79 Å². The van der Waals surface area contributed by atoms with Crippen LogP contribution in [0.15, 0.2) is 46.9 Å². The van der Waals surface area contributed by atoms with Crippen molar-refractivity contribution in [3.63, 3.8) is 0 Å². The highest BCUT2D eigenvalue weighted by Crippen LogP contribution is 2.31. The summed E-state index contributed by atoms with van der Waals surface area (Å²) in [4.78, 5) is 11.6. The van der Waals surface area contributed by atoms with Gasteiger partial charge in [0.15, 0.2) is 5.78 Å². The molecule has 0 aliphatic carbocycles. The lowest BCUT2D eigenvalue weighted by atomic mass is 10.1. The largest absolute Gasteiger partial charge is 0.456 e. The molecule has 2 rings (SSSR count). The Hall–Kier alpha value is -1.65. The Morgan fingerprint density at radius 2 is 1.95 bits per heavy atom. The summed E-state index contributed by atoms with van der Waals surface area (Å²) < 4.78 is 6.72. The molecule has 3 nitrogen and oxygen atoms in total. The third-order valence-corrected chi connectivity index (χ3v) is 3.39. The molecule has 0 saturated heterocycles. The molecular formula is C16H15BrO3. The van der Waals surface area contributed by atoms with Gasteiger partial charge in [-0.2, -0.15) is 0 Å². The van der Waals surface area contributed by atoms with Crippen LogP contribution in [0.4, 0.5) is 0 Å². The van der Waals surface area contributed by atoms with Crippen LogP contribution in [0, 0.1) is 0 Å². The van der Waals surface area contributed by atoms with Gasteiger partial charge < -0.3 is 9.84 Å². The average molecular weight is 335 g/mol. The maximum atomic E-state index is 11.6. The van der Waals surface area contributed by atoms with Crippen molar-refractivity contribution in [2.45, 2.75) is 13.3 Å². The molecule has 0 bridgehead atoms. The molecule has 0 aromatic heterocycles. The van der Waals surface area contributed by atoms with Gasteiger partial charge in [-0.25, -0.2) is 0 Å². The minimum Gasteiger partial charge on any atom is -0.456 e. The van der Waals surface area contributed by atoms with Crippen LogP contribution in [0.25, 0.3) is 0 Å². The Labute approximate surface area is 126 Å². The molecular weight excluding hydrogens is 320 g/mol. The van der Waals surface area contributed by atoms with Gasteiger partial charge in [-0.15, -0.1) is 0 Å². The molecule has 0 radical (unpaired) electrons. The zero-order chi connectivity index (χ0) is 14.5. The number of hydrogen-bond donors (Lipinski definition) is 1. The first kappa shape index (κ1) is 14.8. The lowest BCUT2D eigenvalue weighted by molar-refractivity contribution is 0.101. The highest BCUT2D eigenvalue weighted by molar-refractivity contribution is 9.10. The zero-order valence-electron chi connectivity index (χ0n) is 11.1. The average Bonchev–Trinajstić information content (AvgIpc) is 2.41. The summed E-state index contributed by atoms with van der Waals surface area (Å²) >= 11 is 3.38. The van der Waals surface area contributed by atoms with Crippen molar-refractivity contribution in [1.82, 2.24) is 0 Å². The number of benzene rings is 2. The molecule has 2 aromatic carbocycles. The summed E-state index contributed by atoms with van der Waals surface area (Å²) in [6, 6.07) is 12.8. The van der Waals surface area contributed by atoms with Crippen molar-refractivity contribution in [2.24, 2.45) is 0 Å². The van der Waals surface area contributed by atoms with Crippen LogP contribution in [0.3, 0.4) is 0 Å². The Bertz CT molecular complexity index is 623. The number of para-hydroxylation sites is 1. The predicted octanol–water partition coefficient (Wildman–Crippen LogP) is 3.98. The normalized spacial score (nSPS) is 10.3. The first-order valence-electron chi connectivity index (χ1n) is 6.29. The number of Topliss-reactive ketones (excluding diaryl/α,β-unsaturated/α-hetero) is 1. The Morgan fingerprint density at radius 1 is 1.20 bits per heavy atom. The van der Waals surface area contributed by atoms with Crippen molar-refractivity contribution >= 4 is 21.7 Å². The highest BCUT2D eigenvalue weighted by Gasteiger charge is 2.11. The van der Waals surface area contributed by atoms with Gasteiger partial charge >= 0.3 is 0 Å². The molecule has 2 aromatic rings. The number of ether oxygens (including phenoxy) is 1. The zero-order valence-corrected chi connectivity index (χ0v) is 12.7. The second kappa shape index (κ2) is 6.68. The number of halogens is 1. The molecule has 0 heterocycles. The van der Waals surface area contributed by atoms with Crippen LogP contribution in [0.1, 0.15) is 22.8 Å². The fourth-order valence-corrected chi connectivity index (χ4v) is 2.26. The minimum absolute atomic E-state index is 0.0489. The first-order chi connectivity index (χ1) is 9.61. The number of carbonyl (C=O) groups is 1. The van der Waals surface area contributed by atoms with E-state index in [1.165, 1.54) is 6.92 Å². The van der Waals surface area contributed by atoms with Crippen molar-refractivity contribution in [1.29, 1.82) is 0 Å². The Kier molecular flexibility index (Phi) is 4.93. The van der Waals surface area contributed by atoms with Crippen LogP contribution in [-0.2, 0) is 6.42 Å². The van der Waals surface area contributed by atoms with E-state index in [1.807, 2.05) is 30.3 Å². The van der Waals surface area contributed by atoms with Crippen molar-refractivity contribution < 1.29 is 14.6 Å². The van der Waals surface area contributed by atoms with Gasteiger partial charge in [-0.1, -0.05) is 34.1 Å². The molecule has 0 spiro atoms. The quantitative estimate of drug-likeness (QED) is 0.841. The predicted molar refractivity (Wildman–Crippen MR) is 81.5 cm³/mol. The first-order valence-corrected chi connectivity index (χ1v) is 7.08. The van der Waals surface area contributed by atoms with Gasteiger partial charge in [0.1, 0.15) is 11.5 Å². The van der Waals surface area contributed by atoms with E-state index < -0.39 is 0 Å². The lowest BCUT2D eigenvalue weighted by Gasteiger charge is -2.13. The van der Waals surface area contributed by atoms with Gasteiger partial charge in [0.25, 0.3) is 0 Å². The summed E-state index contributed by atoms with van der Waals surface area (Å²) in [5, 5.41) is 9.08. The lowest BCUT2D eigenvalue weighted by Crippen LogP contribution is -2.00. The van der Waals surface area contributed by atoms with E-state index in [-0.39, 0.29) is 12.4 Å². The summed E-state index contributed by atoms with van der Waals surface area (Å²) in [6.45, 7) is 1.56. The third kappa shape index (κ3) is 3.46. The monoisotopic (exact) mass is 334 g/mol. The van der Waals surface area contributed by atoms with Gasteiger partial charge in [0, 0.05) is 11.1 Å². The molecule has 0 aliphatic heterocycles. The van der Waals surface area contributed by atoms with E-state index in [2.05, 4.69) is 15.9 Å². The number of aliphatic hydroxyl groups is 1. The summed E-state index contributed by atoms with van der Waals surface area (Å²) in [7, 11) is 0. The third-order valence-electron chi connectivity index (χ3n) is 2.90. The number of carbonyl (C=O) groups excluding carboxylic acids is 1. The van der Waals surface area contributed by atoms with E-state index in [4.69, 9.17) is 9.84 Å². The van der Waals surface area contributed by atoms with Crippen molar-refractivity contribution in [3.05, 3.63) is 58.1 Å². The Balaban J connectivity index is 2.39. The van der Waals surface area contributed by atoms with Crippen LogP contribution in [0.2, 0.25) is 0 Å². The van der Waals surface area contributed by atoms with Gasteiger partial charge in [-0.3, -0.25) is 4.79 Å². The molecule has 0 amide bonds. The van der Waals surface area contributed by atoms with E-state index >= 15 is 0 Å². The van der Waals surface area contributed by atoms with Gasteiger partial charge in [0.2, 0.25) is 0 Å². The van der Waals surface area contributed by atoms with Crippen LogP contribution < -0.4 is 4.74 Å². The maximum absolute atomic E-state index is 11.6. The highest BCUT2D eigenvalue weighted by atomic mass is 79.9. The number of ketones is 1. The second-order valence-corrected chi connectivity index (χ2v) is 5.30. The van der Waals surface area contributed by atoms with Gasteiger partial charge in [-0.05, 0) is 43.2 Å². The maximum Gasteiger partial charge on any atom is 0.163 e. The summed E-state index contributed by atoms with van der Waals surface area (Å²) in [6.07, 6.45) is 0.513. The number of aliphatic hydroxyl groups excluding tert-OH is 1. The Morgan fingerprint density at radius 3 is 2.65 bits per heavy atom. The minimum atomic E-state index is -0.0489. The van der Waals surface area contributed by atoms with Crippen molar-refractivity contribution in [3.8, 4) is 11.5 Å². The molecule has 0 aliphatic rings. The molecule has 1 N–H and O–H groups in total.